The van der Waals surface area contributed by atoms with E-state index in [9.17, 15) is 4.79 Å². The zero-order valence-corrected chi connectivity index (χ0v) is 10.6. The van der Waals surface area contributed by atoms with Gasteiger partial charge in [0.1, 0.15) is 10.9 Å². The van der Waals surface area contributed by atoms with Crippen LogP contribution in [-0.4, -0.2) is 37.1 Å². The molecule has 0 fully saturated rings. The van der Waals surface area contributed by atoms with E-state index in [-0.39, 0.29) is 10.9 Å². The molecule has 0 saturated carbocycles. The molecule has 0 saturated heterocycles. The molecular formula is C11H13ClN2O3. The Labute approximate surface area is 105 Å². The van der Waals surface area contributed by atoms with E-state index in [4.69, 9.17) is 16.3 Å². The van der Waals surface area contributed by atoms with Crippen LogP contribution in [0.3, 0.4) is 0 Å². The van der Waals surface area contributed by atoms with Crippen LogP contribution in [0.25, 0.3) is 0 Å². The average molecular weight is 257 g/mol. The summed E-state index contributed by atoms with van der Waals surface area (Å²) in [6, 6.07) is 3.10. The topological polar surface area (TPSA) is 51.7 Å². The number of rotatable bonds is 4. The minimum Gasteiger partial charge on any atom is -0.463 e. The fraction of sp³-hybridized carbons (Fsp3) is 0.273. The predicted molar refractivity (Wildman–Crippen MR) is 63.7 cm³/mol. The maximum absolute atomic E-state index is 11.4. The van der Waals surface area contributed by atoms with Crippen molar-refractivity contribution in [2.45, 2.75) is 0 Å². The van der Waals surface area contributed by atoms with Crippen LogP contribution < -0.4 is 4.74 Å². The molecule has 0 bridgehead atoms. The first-order chi connectivity index (χ1) is 8.02. The molecule has 92 valence electrons. The molecule has 0 amide bonds. The van der Waals surface area contributed by atoms with Crippen LogP contribution in [0, 0.1) is 0 Å². The van der Waals surface area contributed by atoms with Gasteiger partial charge < -0.3 is 14.4 Å². The summed E-state index contributed by atoms with van der Waals surface area (Å²) in [5.41, 5.74) is 0. The summed E-state index contributed by atoms with van der Waals surface area (Å²) >= 11 is 5.71. The van der Waals surface area contributed by atoms with Crippen LogP contribution >= 0.6 is 11.6 Å². The van der Waals surface area contributed by atoms with E-state index in [1.165, 1.54) is 25.6 Å². The quantitative estimate of drug-likeness (QED) is 0.355. The van der Waals surface area contributed by atoms with Crippen LogP contribution in [0.2, 0.25) is 5.15 Å². The minimum atomic E-state index is -0.563. The molecule has 6 heteroatoms. The molecule has 1 rings (SSSR count). The van der Waals surface area contributed by atoms with Crippen molar-refractivity contribution >= 4 is 17.6 Å². The molecular weight excluding hydrogens is 244 g/mol. The van der Waals surface area contributed by atoms with Crippen molar-refractivity contribution in [1.82, 2.24) is 9.88 Å². The molecule has 0 aliphatic rings. The standard InChI is InChI=1S/C11H13ClN2O3/c1-14(2)7-9(11(15)16-3)17-8-4-5-13-10(12)6-8/h4-7H,1-3H3. The van der Waals surface area contributed by atoms with E-state index < -0.39 is 5.97 Å². The van der Waals surface area contributed by atoms with Crippen molar-refractivity contribution in [1.29, 1.82) is 0 Å². The average Bonchev–Trinajstić information content (AvgIpc) is 2.26. The monoisotopic (exact) mass is 256 g/mol. The number of methoxy groups -OCH3 is 1. The second kappa shape index (κ2) is 6.10. The second-order valence-corrected chi connectivity index (χ2v) is 3.75. The number of nitrogens with zero attached hydrogens (tertiary/aromatic N) is 2. The number of halogens is 1. The van der Waals surface area contributed by atoms with Gasteiger partial charge in [0.05, 0.1) is 7.11 Å². The lowest BCUT2D eigenvalue weighted by atomic mass is 10.4. The second-order valence-electron chi connectivity index (χ2n) is 3.36. The van der Waals surface area contributed by atoms with Crippen LogP contribution in [0.1, 0.15) is 0 Å². The largest absolute Gasteiger partial charge is 0.463 e. The third-order valence-corrected chi connectivity index (χ3v) is 1.89. The Hall–Kier alpha value is -1.75. The summed E-state index contributed by atoms with van der Waals surface area (Å²) < 4.78 is 9.99. The van der Waals surface area contributed by atoms with Crippen LogP contribution in [-0.2, 0) is 9.53 Å². The van der Waals surface area contributed by atoms with E-state index in [0.717, 1.165) is 0 Å². The smallest absolute Gasteiger partial charge is 0.375 e. The van der Waals surface area contributed by atoms with Gasteiger partial charge in [-0.05, 0) is 6.07 Å². The highest BCUT2D eigenvalue weighted by molar-refractivity contribution is 6.29. The summed E-state index contributed by atoms with van der Waals surface area (Å²) in [4.78, 5) is 16.9. The zero-order valence-electron chi connectivity index (χ0n) is 9.81. The molecule has 0 atom stereocenters. The van der Waals surface area contributed by atoms with Gasteiger partial charge in [-0.3, -0.25) is 0 Å². The number of carbonyl (C=O) groups excluding carboxylic acids is 1. The summed E-state index contributed by atoms with van der Waals surface area (Å²) in [6.45, 7) is 0. The highest BCUT2D eigenvalue weighted by Gasteiger charge is 2.13. The van der Waals surface area contributed by atoms with Gasteiger partial charge in [0.2, 0.25) is 5.76 Å². The van der Waals surface area contributed by atoms with E-state index in [2.05, 4.69) is 9.72 Å². The summed E-state index contributed by atoms with van der Waals surface area (Å²) in [7, 11) is 4.83. The Kier molecular flexibility index (Phi) is 4.78. The molecule has 0 spiro atoms. The number of ether oxygens (including phenoxy) is 2. The summed E-state index contributed by atoms with van der Waals surface area (Å²) in [5.74, 6) is -0.0742. The highest BCUT2D eigenvalue weighted by Crippen LogP contribution is 2.17. The van der Waals surface area contributed by atoms with Gasteiger partial charge >= 0.3 is 5.97 Å². The molecule has 0 unspecified atom stereocenters. The minimum absolute atomic E-state index is 0.0692. The van der Waals surface area contributed by atoms with E-state index >= 15 is 0 Å². The Balaban J connectivity index is 2.91. The summed E-state index contributed by atoms with van der Waals surface area (Å²) in [5, 5.41) is 0.288. The Morgan fingerprint density at radius 2 is 2.24 bits per heavy atom. The molecule has 5 nitrogen and oxygen atoms in total. The first-order valence-electron chi connectivity index (χ1n) is 4.79. The SMILES string of the molecule is COC(=O)C(=CN(C)C)Oc1ccnc(Cl)c1. The highest BCUT2D eigenvalue weighted by atomic mass is 35.5. The van der Waals surface area contributed by atoms with E-state index in [1.807, 2.05) is 0 Å². The Morgan fingerprint density at radius 3 is 2.76 bits per heavy atom. The van der Waals surface area contributed by atoms with Crippen molar-refractivity contribution in [3.8, 4) is 5.75 Å². The van der Waals surface area contributed by atoms with E-state index in [1.54, 1.807) is 25.1 Å². The molecule has 1 heterocycles. The number of pyridine rings is 1. The van der Waals surface area contributed by atoms with E-state index in [0.29, 0.717) is 5.75 Å². The lowest BCUT2D eigenvalue weighted by Crippen LogP contribution is -2.15. The van der Waals surface area contributed by atoms with Gasteiger partial charge in [0.25, 0.3) is 0 Å². The van der Waals surface area contributed by atoms with Gasteiger partial charge in [0, 0.05) is 32.6 Å². The van der Waals surface area contributed by atoms with Gasteiger partial charge in [-0.25, -0.2) is 9.78 Å². The molecule has 0 radical (unpaired) electrons. The molecule has 0 aromatic carbocycles. The predicted octanol–water partition coefficient (Wildman–Crippen LogP) is 1.69. The maximum Gasteiger partial charge on any atom is 0.375 e. The Bertz CT molecular complexity index is 432. The van der Waals surface area contributed by atoms with Crippen molar-refractivity contribution in [3.63, 3.8) is 0 Å². The van der Waals surface area contributed by atoms with Crippen LogP contribution in [0.15, 0.2) is 30.3 Å². The van der Waals surface area contributed by atoms with Crippen molar-refractivity contribution in [3.05, 3.63) is 35.4 Å². The van der Waals surface area contributed by atoms with Crippen molar-refractivity contribution < 1.29 is 14.3 Å². The Morgan fingerprint density at radius 1 is 1.53 bits per heavy atom. The zero-order chi connectivity index (χ0) is 12.8. The lowest BCUT2D eigenvalue weighted by Gasteiger charge is -2.11. The number of carbonyl (C=O) groups is 1. The van der Waals surface area contributed by atoms with Crippen LogP contribution in [0.5, 0.6) is 5.75 Å². The van der Waals surface area contributed by atoms with Crippen molar-refractivity contribution in [2.75, 3.05) is 21.2 Å². The third-order valence-electron chi connectivity index (χ3n) is 1.69. The number of hydrogen-bond acceptors (Lipinski definition) is 5. The van der Waals surface area contributed by atoms with Gasteiger partial charge in [0.15, 0.2) is 0 Å². The number of aromatic nitrogens is 1. The molecule has 0 aliphatic heterocycles. The fourth-order valence-electron chi connectivity index (χ4n) is 1.03. The number of hydrogen-bond donors (Lipinski definition) is 0. The van der Waals surface area contributed by atoms with Gasteiger partial charge in [-0.1, -0.05) is 11.6 Å². The van der Waals surface area contributed by atoms with Crippen LogP contribution in [0.4, 0.5) is 0 Å². The molecule has 17 heavy (non-hydrogen) atoms. The fourth-order valence-corrected chi connectivity index (χ4v) is 1.19. The van der Waals surface area contributed by atoms with Crippen molar-refractivity contribution in [2.24, 2.45) is 0 Å². The maximum atomic E-state index is 11.4. The summed E-state index contributed by atoms with van der Waals surface area (Å²) in [6.07, 6.45) is 3.00. The normalized spacial score (nSPS) is 10.9. The number of esters is 1. The van der Waals surface area contributed by atoms with Gasteiger partial charge in [-0.2, -0.15) is 0 Å². The first kappa shape index (κ1) is 13.3. The van der Waals surface area contributed by atoms with Gasteiger partial charge in [-0.15, -0.1) is 0 Å². The molecule has 1 aromatic rings. The lowest BCUT2D eigenvalue weighted by molar-refractivity contribution is -0.138. The first-order valence-corrected chi connectivity index (χ1v) is 5.16. The molecule has 0 N–H and O–H groups in total. The molecule has 1 aromatic heterocycles. The molecule has 0 aliphatic carbocycles. The third kappa shape index (κ3) is 4.32.